The standard InChI is InChI=1S/C13H11F3N4O2S2/c1-3-24(21,22)12-10(18-6-23-12)11-19-7-4-9(13(14,15)16)17-5-8(7)20(11)2/h4-6H,3H2,1-2H3. The van der Waals surface area contributed by atoms with Crippen LogP contribution in [0.1, 0.15) is 12.6 Å². The number of nitrogens with zero attached hydrogens (tertiary/aromatic N) is 4. The van der Waals surface area contributed by atoms with Gasteiger partial charge in [-0.3, -0.25) is 0 Å². The second kappa shape index (κ2) is 5.52. The molecule has 0 spiro atoms. The Hall–Kier alpha value is -2.01. The number of aryl methyl sites for hydroxylation is 1. The summed E-state index contributed by atoms with van der Waals surface area (Å²) in [7, 11) is -1.94. The highest BCUT2D eigenvalue weighted by Crippen LogP contribution is 2.33. The molecule has 0 amide bonds. The Morgan fingerprint density at radius 1 is 1.29 bits per heavy atom. The van der Waals surface area contributed by atoms with Crippen LogP contribution in [-0.4, -0.2) is 33.7 Å². The first kappa shape index (κ1) is 16.8. The molecule has 3 rings (SSSR count). The molecule has 128 valence electrons. The molecule has 6 nitrogen and oxygen atoms in total. The molecular formula is C13H11F3N4O2S2. The van der Waals surface area contributed by atoms with E-state index in [0.29, 0.717) is 5.52 Å². The summed E-state index contributed by atoms with van der Waals surface area (Å²) in [4.78, 5) is 11.6. The number of alkyl halides is 3. The third kappa shape index (κ3) is 2.67. The van der Waals surface area contributed by atoms with E-state index in [1.54, 1.807) is 7.05 Å². The van der Waals surface area contributed by atoms with Crippen molar-refractivity contribution in [3.05, 3.63) is 23.5 Å². The number of halogens is 3. The molecule has 0 bridgehead atoms. The summed E-state index contributed by atoms with van der Waals surface area (Å²) in [6.45, 7) is 1.51. The summed E-state index contributed by atoms with van der Waals surface area (Å²) in [5, 5.41) is 0. The fourth-order valence-corrected chi connectivity index (χ4v) is 4.47. The van der Waals surface area contributed by atoms with Gasteiger partial charge in [-0.25, -0.2) is 23.4 Å². The SMILES string of the molecule is CCS(=O)(=O)c1scnc1-c1nc2cc(C(F)(F)F)ncc2n1C. The highest BCUT2D eigenvalue weighted by atomic mass is 32.2. The zero-order valence-corrected chi connectivity index (χ0v) is 14.1. The molecule has 0 fully saturated rings. The number of aromatic nitrogens is 4. The molecule has 0 N–H and O–H groups in total. The number of rotatable bonds is 3. The number of fused-ring (bicyclic) bond motifs is 1. The van der Waals surface area contributed by atoms with Gasteiger partial charge in [0.05, 0.1) is 28.5 Å². The average molecular weight is 376 g/mol. The van der Waals surface area contributed by atoms with E-state index >= 15 is 0 Å². The van der Waals surface area contributed by atoms with Gasteiger partial charge in [0.15, 0.2) is 19.9 Å². The average Bonchev–Trinajstić information content (AvgIpc) is 3.11. The van der Waals surface area contributed by atoms with Crippen molar-refractivity contribution < 1.29 is 21.6 Å². The van der Waals surface area contributed by atoms with Crippen molar-refractivity contribution in [1.82, 2.24) is 19.5 Å². The Labute approximate surface area is 138 Å². The number of hydrogen-bond donors (Lipinski definition) is 0. The van der Waals surface area contributed by atoms with Crippen molar-refractivity contribution in [3.8, 4) is 11.5 Å². The highest BCUT2D eigenvalue weighted by Gasteiger charge is 2.33. The predicted octanol–water partition coefficient (Wildman–Crippen LogP) is 2.90. The first-order valence-electron chi connectivity index (χ1n) is 6.71. The van der Waals surface area contributed by atoms with Crippen LogP contribution >= 0.6 is 11.3 Å². The summed E-state index contributed by atoms with van der Waals surface area (Å²) < 4.78 is 64.1. The molecule has 0 saturated heterocycles. The molecule has 3 aromatic heterocycles. The van der Waals surface area contributed by atoms with Gasteiger partial charge in [0.2, 0.25) is 0 Å². The van der Waals surface area contributed by atoms with Crippen molar-refractivity contribution in [2.24, 2.45) is 7.05 Å². The van der Waals surface area contributed by atoms with Crippen LogP contribution in [0.25, 0.3) is 22.6 Å². The Morgan fingerprint density at radius 2 is 2.00 bits per heavy atom. The lowest BCUT2D eigenvalue weighted by molar-refractivity contribution is -0.141. The van der Waals surface area contributed by atoms with Crippen LogP contribution in [0, 0.1) is 0 Å². The van der Waals surface area contributed by atoms with Gasteiger partial charge in [-0.05, 0) is 6.07 Å². The lowest BCUT2D eigenvalue weighted by Crippen LogP contribution is -2.07. The molecular weight excluding hydrogens is 365 g/mol. The minimum Gasteiger partial charge on any atom is -0.324 e. The van der Waals surface area contributed by atoms with Gasteiger partial charge in [0.1, 0.15) is 11.4 Å². The molecule has 0 atom stereocenters. The molecule has 0 aromatic carbocycles. The van der Waals surface area contributed by atoms with Crippen molar-refractivity contribution >= 4 is 32.2 Å². The number of hydrogen-bond acceptors (Lipinski definition) is 6. The molecule has 0 aliphatic heterocycles. The quantitative estimate of drug-likeness (QED) is 0.702. The van der Waals surface area contributed by atoms with Gasteiger partial charge in [0.25, 0.3) is 0 Å². The maximum absolute atomic E-state index is 12.8. The van der Waals surface area contributed by atoms with E-state index in [0.717, 1.165) is 23.6 Å². The number of pyridine rings is 1. The second-order valence-electron chi connectivity index (χ2n) is 4.94. The van der Waals surface area contributed by atoms with E-state index < -0.39 is 21.7 Å². The molecule has 0 unspecified atom stereocenters. The Kier molecular flexibility index (Phi) is 3.87. The van der Waals surface area contributed by atoms with Gasteiger partial charge in [-0.2, -0.15) is 13.2 Å². The zero-order valence-electron chi connectivity index (χ0n) is 12.5. The van der Waals surface area contributed by atoms with E-state index in [9.17, 15) is 21.6 Å². The third-order valence-electron chi connectivity index (χ3n) is 3.47. The van der Waals surface area contributed by atoms with Gasteiger partial charge < -0.3 is 4.57 Å². The van der Waals surface area contributed by atoms with Crippen molar-refractivity contribution in [1.29, 1.82) is 0 Å². The number of imidazole rings is 1. The van der Waals surface area contributed by atoms with E-state index in [2.05, 4.69) is 15.0 Å². The highest BCUT2D eigenvalue weighted by molar-refractivity contribution is 7.93. The summed E-state index contributed by atoms with van der Waals surface area (Å²) in [5.41, 5.74) is 0.873. The Balaban J connectivity index is 2.23. The number of thiazole rings is 1. The minimum absolute atomic E-state index is 0.0485. The van der Waals surface area contributed by atoms with E-state index in [-0.39, 0.29) is 27.0 Å². The monoisotopic (exact) mass is 376 g/mol. The minimum atomic E-state index is -4.58. The molecule has 0 aliphatic rings. The summed E-state index contributed by atoms with van der Waals surface area (Å²) in [6, 6.07) is 0.833. The Bertz CT molecular complexity index is 1020. The Morgan fingerprint density at radius 3 is 2.62 bits per heavy atom. The summed E-state index contributed by atoms with van der Waals surface area (Å²) in [6.07, 6.45) is -3.52. The smallest absolute Gasteiger partial charge is 0.324 e. The van der Waals surface area contributed by atoms with Crippen LogP contribution in [-0.2, 0) is 23.1 Å². The second-order valence-corrected chi connectivity index (χ2v) is 8.27. The maximum Gasteiger partial charge on any atom is 0.433 e. The predicted molar refractivity (Wildman–Crippen MR) is 82.3 cm³/mol. The lowest BCUT2D eigenvalue weighted by atomic mass is 10.3. The van der Waals surface area contributed by atoms with Crippen LogP contribution in [0.3, 0.4) is 0 Å². The van der Waals surface area contributed by atoms with Gasteiger partial charge in [-0.15, -0.1) is 11.3 Å². The summed E-state index contributed by atoms with van der Waals surface area (Å²) in [5.74, 6) is 0.0748. The molecule has 3 aromatic rings. The van der Waals surface area contributed by atoms with Crippen LogP contribution in [0.15, 0.2) is 22.0 Å². The first-order chi connectivity index (χ1) is 11.1. The van der Waals surface area contributed by atoms with Crippen molar-refractivity contribution in [2.75, 3.05) is 5.75 Å². The van der Waals surface area contributed by atoms with Gasteiger partial charge in [-0.1, -0.05) is 6.92 Å². The lowest BCUT2D eigenvalue weighted by Gasteiger charge is -2.05. The van der Waals surface area contributed by atoms with Crippen LogP contribution < -0.4 is 0 Å². The first-order valence-corrected chi connectivity index (χ1v) is 9.24. The molecule has 3 heterocycles. The maximum atomic E-state index is 12.8. The fourth-order valence-electron chi connectivity index (χ4n) is 2.19. The largest absolute Gasteiger partial charge is 0.433 e. The van der Waals surface area contributed by atoms with E-state index in [1.807, 2.05) is 0 Å². The molecule has 11 heteroatoms. The summed E-state index contributed by atoms with van der Waals surface area (Å²) >= 11 is 0.954. The normalized spacial score (nSPS) is 12.9. The van der Waals surface area contributed by atoms with E-state index in [1.165, 1.54) is 17.0 Å². The molecule has 0 aliphatic carbocycles. The molecule has 24 heavy (non-hydrogen) atoms. The van der Waals surface area contributed by atoms with Crippen LogP contribution in [0.2, 0.25) is 0 Å². The zero-order chi connectivity index (χ0) is 17.7. The van der Waals surface area contributed by atoms with Gasteiger partial charge in [0, 0.05) is 7.05 Å². The van der Waals surface area contributed by atoms with E-state index in [4.69, 9.17) is 0 Å². The van der Waals surface area contributed by atoms with Crippen molar-refractivity contribution in [3.63, 3.8) is 0 Å². The fraction of sp³-hybridized carbons (Fsp3) is 0.308. The van der Waals surface area contributed by atoms with Gasteiger partial charge >= 0.3 is 6.18 Å². The van der Waals surface area contributed by atoms with Crippen LogP contribution in [0.4, 0.5) is 13.2 Å². The third-order valence-corrected chi connectivity index (χ3v) is 6.65. The van der Waals surface area contributed by atoms with Crippen LogP contribution in [0.5, 0.6) is 0 Å². The molecule has 0 saturated carbocycles. The topological polar surface area (TPSA) is 77.7 Å². The molecule has 0 radical (unpaired) electrons. The van der Waals surface area contributed by atoms with Crippen molar-refractivity contribution in [2.45, 2.75) is 17.3 Å². The number of sulfone groups is 1.